The molecule has 0 radical (unpaired) electrons. The first-order valence-corrected chi connectivity index (χ1v) is 12.6. The number of aryl methyl sites for hydroxylation is 2. The molecule has 0 bridgehead atoms. The second kappa shape index (κ2) is 10.8. The van der Waals surface area contributed by atoms with Gasteiger partial charge in [-0.3, -0.25) is 4.79 Å². The van der Waals surface area contributed by atoms with Crippen molar-refractivity contribution in [2.45, 2.75) is 38.0 Å². The van der Waals surface area contributed by atoms with Gasteiger partial charge in [0.05, 0.1) is 15.5 Å². The van der Waals surface area contributed by atoms with Crippen LogP contribution in [0.2, 0.25) is 0 Å². The van der Waals surface area contributed by atoms with Crippen molar-refractivity contribution in [2.75, 3.05) is 18.4 Å². The number of nitrogens with zero attached hydrogens (tertiary/aromatic N) is 1. The first-order chi connectivity index (χ1) is 15.3. The van der Waals surface area contributed by atoms with Crippen molar-refractivity contribution >= 4 is 32.3 Å². The summed E-state index contributed by atoms with van der Waals surface area (Å²) in [7, 11) is -3.70. The summed E-state index contributed by atoms with van der Waals surface area (Å²) in [5, 5.41) is 3.94. The molecule has 2 N–H and O–H groups in total. The van der Waals surface area contributed by atoms with Crippen molar-refractivity contribution in [2.24, 2.45) is 0 Å². The minimum Gasteiger partial charge on any atom is -0.361 e. The maximum atomic E-state index is 13.2. The van der Waals surface area contributed by atoms with Gasteiger partial charge < -0.3 is 5.32 Å². The van der Waals surface area contributed by atoms with Crippen LogP contribution in [0.3, 0.4) is 0 Å². The second-order valence-corrected chi connectivity index (χ2v) is 10.2. The minimum atomic E-state index is -3.70. The fraction of sp³-hybridized carbons (Fsp3) is 0.304. The van der Waals surface area contributed by atoms with Crippen LogP contribution in [0.25, 0.3) is 0 Å². The number of aromatic nitrogens is 1. The number of halogens is 1. The number of nitrogens with one attached hydrogen (secondary N) is 2. The lowest BCUT2D eigenvalue weighted by Crippen LogP contribution is -2.25. The maximum Gasteiger partial charge on any atom is 0.240 e. The third-order valence-corrected chi connectivity index (χ3v) is 7.49. The summed E-state index contributed by atoms with van der Waals surface area (Å²) >= 11 is 1.35. The molecule has 0 atom stereocenters. The minimum absolute atomic E-state index is 0.0169. The molecule has 0 unspecified atom stereocenters. The molecule has 2 aromatic carbocycles. The summed E-state index contributed by atoms with van der Waals surface area (Å²) in [4.78, 5) is 17.8. The van der Waals surface area contributed by atoms with Crippen LogP contribution in [-0.2, 0) is 10.0 Å². The third kappa shape index (κ3) is 6.21. The number of carbonyl (C=O) groups excluding carboxylic acids is 1. The predicted octanol–water partition coefficient (Wildman–Crippen LogP) is 4.69. The van der Waals surface area contributed by atoms with E-state index in [1.807, 2.05) is 38.1 Å². The molecule has 9 heteroatoms. The summed E-state index contributed by atoms with van der Waals surface area (Å²) < 4.78 is 40.0. The smallest absolute Gasteiger partial charge is 0.240 e. The number of rotatable bonds is 11. The normalized spacial score (nSPS) is 11.5. The van der Waals surface area contributed by atoms with Crippen LogP contribution < -0.4 is 10.0 Å². The van der Waals surface area contributed by atoms with Gasteiger partial charge in [-0.1, -0.05) is 48.1 Å². The highest BCUT2D eigenvalue weighted by Crippen LogP contribution is 2.26. The maximum absolute atomic E-state index is 13.2. The molecule has 0 aliphatic rings. The molecule has 3 rings (SSSR count). The number of hydrogen-bond acceptors (Lipinski definition) is 6. The van der Waals surface area contributed by atoms with E-state index in [4.69, 9.17) is 0 Å². The van der Waals surface area contributed by atoms with Crippen molar-refractivity contribution in [1.29, 1.82) is 0 Å². The van der Waals surface area contributed by atoms with Crippen molar-refractivity contribution in [1.82, 2.24) is 9.71 Å². The Balaban J connectivity index is 1.41. The standard InChI is InChI=1S/C23H26FN3O3S2/c1-16-9-4-5-12-20(16)21(28)22-17(2)27-23(31-22)25-13-6-3-7-14-26-32(29,30)19-11-8-10-18(24)15-19/h4-5,8-12,15,26H,3,6-7,13-14H2,1-2H3,(H,25,27). The Hall–Kier alpha value is -2.62. The van der Waals surface area contributed by atoms with Crippen LogP contribution in [0.1, 0.15) is 45.8 Å². The van der Waals surface area contributed by atoms with Crippen molar-refractivity contribution in [3.63, 3.8) is 0 Å². The van der Waals surface area contributed by atoms with Gasteiger partial charge in [-0.2, -0.15) is 0 Å². The lowest BCUT2D eigenvalue weighted by molar-refractivity contribution is 0.104. The van der Waals surface area contributed by atoms with Gasteiger partial charge in [0, 0.05) is 18.7 Å². The molecular formula is C23H26FN3O3S2. The van der Waals surface area contributed by atoms with Gasteiger partial charge in [0.25, 0.3) is 0 Å². The molecule has 170 valence electrons. The number of sulfonamides is 1. The summed E-state index contributed by atoms with van der Waals surface area (Å²) in [6.07, 6.45) is 2.28. The average Bonchev–Trinajstić information content (AvgIpc) is 3.13. The fourth-order valence-electron chi connectivity index (χ4n) is 3.18. The predicted molar refractivity (Wildman–Crippen MR) is 125 cm³/mol. The largest absolute Gasteiger partial charge is 0.361 e. The van der Waals surface area contributed by atoms with Gasteiger partial charge in [0.15, 0.2) is 5.13 Å². The lowest BCUT2D eigenvalue weighted by atomic mass is 10.0. The van der Waals surface area contributed by atoms with E-state index in [0.29, 0.717) is 34.2 Å². The molecule has 0 saturated carbocycles. The fourth-order valence-corrected chi connectivity index (χ4v) is 5.23. The number of benzene rings is 2. The zero-order valence-electron chi connectivity index (χ0n) is 18.0. The number of hydrogen-bond donors (Lipinski definition) is 2. The van der Waals surface area contributed by atoms with Gasteiger partial charge in [-0.05, 0) is 50.5 Å². The SMILES string of the molecule is Cc1ccccc1C(=O)c1sc(NCCCCCNS(=O)(=O)c2cccc(F)c2)nc1C. The summed E-state index contributed by atoms with van der Waals surface area (Å²) in [6.45, 7) is 4.70. The van der Waals surface area contributed by atoms with Crippen LogP contribution in [0, 0.1) is 19.7 Å². The summed E-state index contributed by atoms with van der Waals surface area (Å²) in [6, 6.07) is 12.4. The molecule has 1 heterocycles. The molecule has 0 aliphatic heterocycles. The first kappa shape index (κ1) is 24.0. The van der Waals surface area contributed by atoms with Crippen LogP contribution in [0.15, 0.2) is 53.4 Å². The number of ketones is 1. The number of carbonyl (C=O) groups is 1. The van der Waals surface area contributed by atoms with Gasteiger partial charge in [-0.15, -0.1) is 0 Å². The van der Waals surface area contributed by atoms with E-state index in [0.717, 1.165) is 24.5 Å². The summed E-state index contributed by atoms with van der Waals surface area (Å²) in [5.41, 5.74) is 2.33. The van der Waals surface area contributed by atoms with E-state index in [1.165, 1.54) is 29.5 Å². The second-order valence-electron chi connectivity index (χ2n) is 7.42. The molecule has 0 aliphatic carbocycles. The quantitative estimate of drug-likeness (QED) is 0.310. The highest BCUT2D eigenvalue weighted by Gasteiger charge is 2.18. The van der Waals surface area contributed by atoms with Crippen molar-refractivity contribution in [3.8, 4) is 0 Å². The monoisotopic (exact) mass is 475 g/mol. The van der Waals surface area contributed by atoms with Crippen molar-refractivity contribution in [3.05, 3.63) is 76.0 Å². The third-order valence-electron chi connectivity index (χ3n) is 4.92. The Morgan fingerprint density at radius 1 is 1.03 bits per heavy atom. The van der Waals surface area contributed by atoms with E-state index in [2.05, 4.69) is 15.0 Å². The molecule has 3 aromatic rings. The highest BCUT2D eigenvalue weighted by molar-refractivity contribution is 7.89. The molecule has 0 amide bonds. The molecule has 0 saturated heterocycles. The molecule has 0 spiro atoms. The van der Waals surface area contributed by atoms with Crippen LogP contribution in [0.4, 0.5) is 9.52 Å². The zero-order chi connectivity index (χ0) is 23.1. The van der Waals surface area contributed by atoms with Crippen LogP contribution >= 0.6 is 11.3 Å². The van der Waals surface area contributed by atoms with E-state index in [1.54, 1.807) is 0 Å². The molecule has 32 heavy (non-hydrogen) atoms. The van der Waals surface area contributed by atoms with Gasteiger partial charge in [0.1, 0.15) is 5.82 Å². The van der Waals surface area contributed by atoms with Gasteiger partial charge >= 0.3 is 0 Å². The zero-order valence-corrected chi connectivity index (χ0v) is 19.7. The first-order valence-electron chi connectivity index (χ1n) is 10.3. The molecule has 1 aromatic heterocycles. The topological polar surface area (TPSA) is 88.2 Å². The Morgan fingerprint density at radius 2 is 1.78 bits per heavy atom. The molecule has 0 fully saturated rings. The van der Waals surface area contributed by atoms with E-state index in [-0.39, 0.29) is 17.2 Å². The number of anilines is 1. The Morgan fingerprint density at radius 3 is 2.53 bits per heavy atom. The van der Waals surface area contributed by atoms with Crippen LogP contribution in [0.5, 0.6) is 0 Å². The van der Waals surface area contributed by atoms with Crippen LogP contribution in [-0.4, -0.2) is 32.3 Å². The number of unbranched alkanes of at least 4 members (excludes halogenated alkanes) is 2. The van der Waals surface area contributed by atoms with E-state index >= 15 is 0 Å². The Kier molecular flexibility index (Phi) is 8.11. The van der Waals surface area contributed by atoms with E-state index in [9.17, 15) is 17.6 Å². The average molecular weight is 476 g/mol. The number of thiazole rings is 1. The molecular weight excluding hydrogens is 449 g/mol. The van der Waals surface area contributed by atoms with E-state index < -0.39 is 15.8 Å². The van der Waals surface area contributed by atoms with Gasteiger partial charge in [0.2, 0.25) is 15.8 Å². The highest BCUT2D eigenvalue weighted by atomic mass is 32.2. The Bertz CT molecular complexity index is 1190. The summed E-state index contributed by atoms with van der Waals surface area (Å²) in [5.74, 6) is -0.600. The van der Waals surface area contributed by atoms with Crippen molar-refractivity contribution < 1.29 is 17.6 Å². The lowest BCUT2D eigenvalue weighted by Gasteiger charge is -2.07. The van der Waals surface area contributed by atoms with Gasteiger partial charge in [-0.25, -0.2) is 22.5 Å². The molecule has 6 nitrogen and oxygen atoms in total. The Labute approximate surface area is 192 Å².